The molecule has 0 aromatic carbocycles. The summed E-state index contributed by atoms with van der Waals surface area (Å²) in [6.45, 7) is 5.24. The first-order chi connectivity index (χ1) is 8.95. The standard InChI is InChI=1S/C13H20N2O4/c1-3-14-7-9(6-11(14)16)12(17)15-5-4-10(8(15)2)13(18)19/h8-10H,3-7H2,1-2H3,(H,18,19). The lowest BCUT2D eigenvalue weighted by atomic mass is 10.0. The van der Waals surface area contributed by atoms with Gasteiger partial charge in [-0.05, 0) is 20.3 Å². The van der Waals surface area contributed by atoms with E-state index in [4.69, 9.17) is 5.11 Å². The molecule has 2 heterocycles. The van der Waals surface area contributed by atoms with E-state index in [0.29, 0.717) is 26.1 Å². The lowest BCUT2D eigenvalue weighted by Crippen LogP contribution is -2.41. The summed E-state index contributed by atoms with van der Waals surface area (Å²) in [6.07, 6.45) is 0.758. The van der Waals surface area contributed by atoms with Gasteiger partial charge in [0.2, 0.25) is 11.8 Å². The molecule has 0 bridgehead atoms. The maximum Gasteiger partial charge on any atom is 0.308 e. The second-order valence-electron chi connectivity index (χ2n) is 5.34. The van der Waals surface area contributed by atoms with Crippen LogP contribution in [0.4, 0.5) is 0 Å². The quantitative estimate of drug-likeness (QED) is 0.792. The Morgan fingerprint density at radius 2 is 2.11 bits per heavy atom. The maximum atomic E-state index is 12.4. The van der Waals surface area contributed by atoms with Crippen LogP contribution in [0.5, 0.6) is 0 Å². The van der Waals surface area contributed by atoms with Crippen molar-refractivity contribution in [3.05, 3.63) is 0 Å². The van der Waals surface area contributed by atoms with Crippen molar-refractivity contribution in [3.8, 4) is 0 Å². The van der Waals surface area contributed by atoms with Crippen molar-refractivity contribution in [2.24, 2.45) is 11.8 Å². The average molecular weight is 268 g/mol. The number of carbonyl (C=O) groups excluding carboxylic acids is 2. The fourth-order valence-electron chi connectivity index (χ4n) is 3.06. The molecule has 19 heavy (non-hydrogen) atoms. The van der Waals surface area contributed by atoms with Crippen molar-refractivity contribution in [1.82, 2.24) is 9.80 Å². The molecule has 3 atom stereocenters. The number of aliphatic carboxylic acids is 1. The highest BCUT2D eigenvalue weighted by Crippen LogP contribution is 2.28. The fourth-order valence-corrected chi connectivity index (χ4v) is 3.06. The molecule has 0 spiro atoms. The van der Waals surface area contributed by atoms with E-state index in [1.807, 2.05) is 6.92 Å². The molecule has 0 aromatic rings. The first-order valence-corrected chi connectivity index (χ1v) is 6.76. The summed E-state index contributed by atoms with van der Waals surface area (Å²) in [4.78, 5) is 38.4. The summed E-state index contributed by atoms with van der Waals surface area (Å²) in [5.41, 5.74) is 0. The van der Waals surface area contributed by atoms with Gasteiger partial charge in [0.15, 0.2) is 0 Å². The van der Waals surface area contributed by atoms with Gasteiger partial charge in [0, 0.05) is 32.1 Å². The van der Waals surface area contributed by atoms with E-state index in [9.17, 15) is 14.4 Å². The van der Waals surface area contributed by atoms with Crippen LogP contribution in [-0.2, 0) is 14.4 Å². The first kappa shape index (κ1) is 13.8. The predicted molar refractivity (Wildman–Crippen MR) is 67.3 cm³/mol. The maximum absolute atomic E-state index is 12.4. The highest BCUT2D eigenvalue weighted by Gasteiger charge is 2.42. The molecule has 0 aromatic heterocycles. The number of hydrogen-bond donors (Lipinski definition) is 1. The van der Waals surface area contributed by atoms with Crippen LogP contribution in [0.3, 0.4) is 0 Å². The van der Waals surface area contributed by atoms with Crippen LogP contribution >= 0.6 is 0 Å². The van der Waals surface area contributed by atoms with E-state index in [0.717, 1.165) is 0 Å². The van der Waals surface area contributed by atoms with Gasteiger partial charge >= 0.3 is 5.97 Å². The van der Waals surface area contributed by atoms with Crippen molar-refractivity contribution in [2.75, 3.05) is 19.6 Å². The van der Waals surface area contributed by atoms with Crippen molar-refractivity contribution in [2.45, 2.75) is 32.7 Å². The molecule has 106 valence electrons. The van der Waals surface area contributed by atoms with Crippen molar-refractivity contribution in [3.63, 3.8) is 0 Å². The molecule has 2 fully saturated rings. The number of carbonyl (C=O) groups is 3. The van der Waals surface area contributed by atoms with Crippen LogP contribution in [0, 0.1) is 11.8 Å². The van der Waals surface area contributed by atoms with Gasteiger partial charge in [0.1, 0.15) is 0 Å². The number of carboxylic acids is 1. The van der Waals surface area contributed by atoms with Crippen LogP contribution in [0.1, 0.15) is 26.7 Å². The first-order valence-electron chi connectivity index (χ1n) is 6.76. The third-order valence-corrected chi connectivity index (χ3v) is 4.30. The largest absolute Gasteiger partial charge is 0.481 e. The number of carboxylic acid groups (broad SMARTS) is 1. The molecule has 1 N–H and O–H groups in total. The average Bonchev–Trinajstić information content (AvgIpc) is 2.91. The third-order valence-electron chi connectivity index (χ3n) is 4.30. The van der Waals surface area contributed by atoms with Gasteiger partial charge in [-0.1, -0.05) is 0 Å². The predicted octanol–water partition coefficient (Wildman–Crippen LogP) is 0.176. The van der Waals surface area contributed by atoms with Gasteiger partial charge in [-0.25, -0.2) is 0 Å². The molecule has 3 unspecified atom stereocenters. The van der Waals surface area contributed by atoms with Gasteiger partial charge in [-0.2, -0.15) is 0 Å². The zero-order chi connectivity index (χ0) is 14.2. The summed E-state index contributed by atoms with van der Waals surface area (Å²) >= 11 is 0. The number of nitrogens with zero attached hydrogens (tertiary/aromatic N) is 2. The minimum atomic E-state index is -0.847. The molecule has 0 saturated carbocycles. The second-order valence-corrected chi connectivity index (χ2v) is 5.34. The minimum absolute atomic E-state index is 0.0162. The second kappa shape index (κ2) is 5.19. The highest BCUT2D eigenvalue weighted by molar-refractivity contribution is 5.90. The summed E-state index contributed by atoms with van der Waals surface area (Å²) in [5.74, 6) is -1.69. The minimum Gasteiger partial charge on any atom is -0.481 e. The van der Waals surface area contributed by atoms with Gasteiger partial charge < -0.3 is 14.9 Å². The molecule has 6 heteroatoms. The number of rotatable bonds is 3. The molecular weight excluding hydrogens is 248 g/mol. The highest BCUT2D eigenvalue weighted by atomic mass is 16.4. The Hall–Kier alpha value is -1.59. The Morgan fingerprint density at radius 1 is 1.42 bits per heavy atom. The van der Waals surface area contributed by atoms with Crippen molar-refractivity contribution in [1.29, 1.82) is 0 Å². The summed E-state index contributed by atoms with van der Waals surface area (Å²) in [7, 11) is 0. The summed E-state index contributed by atoms with van der Waals surface area (Å²) in [6, 6.07) is -0.282. The zero-order valence-electron chi connectivity index (χ0n) is 11.3. The van der Waals surface area contributed by atoms with Crippen LogP contribution in [0.15, 0.2) is 0 Å². The van der Waals surface area contributed by atoms with Crippen molar-refractivity contribution < 1.29 is 19.5 Å². The van der Waals surface area contributed by atoms with E-state index in [-0.39, 0.29) is 30.2 Å². The summed E-state index contributed by atoms with van der Waals surface area (Å²) in [5, 5.41) is 9.07. The Bertz CT molecular complexity index is 409. The SMILES string of the molecule is CCN1CC(C(=O)N2CCC(C(=O)O)C2C)CC1=O. The summed E-state index contributed by atoms with van der Waals surface area (Å²) < 4.78 is 0. The molecule has 2 saturated heterocycles. The number of hydrogen-bond acceptors (Lipinski definition) is 3. The molecule has 2 aliphatic heterocycles. The Labute approximate surface area is 112 Å². The Balaban J connectivity index is 2.02. The molecule has 2 rings (SSSR count). The molecule has 2 amide bonds. The molecule has 0 aliphatic carbocycles. The number of likely N-dealkylation sites (tertiary alicyclic amines) is 2. The Morgan fingerprint density at radius 3 is 2.58 bits per heavy atom. The van der Waals surface area contributed by atoms with Gasteiger partial charge in [-0.3, -0.25) is 14.4 Å². The van der Waals surface area contributed by atoms with E-state index >= 15 is 0 Å². The van der Waals surface area contributed by atoms with E-state index in [2.05, 4.69) is 0 Å². The van der Waals surface area contributed by atoms with Gasteiger partial charge in [-0.15, -0.1) is 0 Å². The van der Waals surface area contributed by atoms with Crippen LogP contribution in [0.25, 0.3) is 0 Å². The number of amides is 2. The Kier molecular flexibility index (Phi) is 3.78. The van der Waals surface area contributed by atoms with Crippen LogP contribution in [0.2, 0.25) is 0 Å². The zero-order valence-corrected chi connectivity index (χ0v) is 11.3. The van der Waals surface area contributed by atoms with Gasteiger partial charge in [0.05, 0.1) is 11.8 Å². The lowest BCUT2D eigenvalue weighted by molar-refractivity contribution is -0.143. The molecular formula is C13H20N2O4. The molecule has 0 radical (unpaired) electrons. The normalized spacial score (nSPS) is 31.1. The van der Waals surface area contributed by atoms with Crippen molar-refractivity contribution >= 4 is 17.8 Å². The van der Waals surface area contributed by atoms with Crippen LogP contribution in [-0.4, -0.2) is 58.4 Å². The van der Waals surface area contributed by atoms with Crippen LogP contribution < -0.4 is 0 Å². The smallest absolute Gasteiger partial charge is 0.308 e. The lowest BCUT2D eigenvalue weighted by Gasteiger charge is -2.26. The molecule has 6 nitrogen and oxygen atoms in total. The van der Waals surface area contributed by atoms with Gasteiger partial charge in [0.25, 0.3) is 0 Å². The fraction of sp³-hybridized carbons (Fsp3) is 0.769. The van der Waals surface area contributed by atoms with E-state index in [1.54, 1.807) is 16.7 Å². The monoisotopic (exact) mass is 268 g/mol. The van der Waals surface area contributed by atoms with E-state index < -0.39 is 11.9 Å². The topological polar surface area (TPSA) is 77.9 Å². The van der Waals surface area contributed by atoms with E-state index in [1.165, 1.54) is 0 Å². The third kappa shape index (κ3) is 2.43. The molecule has 2 aliphatic rings.